The predicted molar refractivity (Wildman–Crippen MR) is 74.2 cm³/mol. The summed E-state index contributed by atoms with van der Waals surface area (Å²) in [5.41, 5.74) is 2.17. The molecule has 2 heterocycles. The van der Waals surface area contributed by atoms with Gasteiger partial charge in [-0.05, 0) is 18.2 Å². The van der Waals surface area contributed by atoms with Crippen molar-refractivity contribution in [3.8, 4) is 0 Å². The molecule has 1 aromatic carbocycles. The molecular weight excluding hydrogens is 256 g/mol. The van der Waals surface area contributed by atoms with E-state index in [0.29, 0.717) is 30.1 Å². The first-order valence-electron chi connectivity index (χ1n) is 6.35. The number of benzene rings is 1. The summed E-state index contributed by atoms with van der Waals surface area (Å²) in [5, 5.41) is 6.89. The minimum absolute atomic E-state index is 0.0592. The number of oxazole rings is 1. The maximum Gasteiger partial charge on any atom is 0.226 e. The number of rotatable bonds is 4. The number of nitrogens with zero attached hydrogens (tertiary/aromatic N) is 3. The summed E-state index contributed by atoms with van der Waals surface area (Å²) in [4.78, 5) is 16.1. The Hall–Kier alpha value is -2.63. The Labute approximate surface area is 115 Å². The van der Waals surface area contributed by atoms with Crippen LogP contribution in [0, 0.1) is 6.92 Å². The van der Waals surface area contributed by atoms with E-state index in [4.69, 9.17) is 4.42 Å². The highest BCUT2D eigenvalue weighted by molar-refractivity contribution is 5.92. The van der Waals surface area contributed by atoms with Gasteiger partial charge in [0.2, 0.25) is 5.91 Å². The lowest BCUT2D eigenvalue weighted by molar-refractivity contribution is -0.116. The Morgan fingerprint density at radius 1 is 1.45 bits per heavy atom. The van der Waals surface area contributed by atoms with Gasteiger partial charge in [-0.2, -0.15) is 5.10 Å². The third-order valence-electron chi connectivity index (χ3n) is 2.91. The molecule has 0 atom stereocenters. The van der Waals surface area contributed by atoms with Gasteiger partial charge in [0.15, 0.2) is 11.5 Å². The normalized spacial score (nSPS) is 10.8. The number of fused-ring (bicyclic) bond motifs is 1. The molecule has 0 saturated carbocycles. The van der Waals surface area contributed by atoms with Crippen molar-refractivity contribution in [1.29, 1.82) is 0 Å². The maximum atomic E-state index is 11.9. The minimum atomic E-state index is -0.0592. The topological polar surface area (TPSA) is 73.0 Å². The van der Waals surface area contributed by atoms with E-state index in [1.165, 1.54) is 0 Å². The van der Waals surface area contributed by atoms with Gasteiger partial charge in [-0.15, -0.1) is 0 Å². The van der Waals surface area contributed by atoms with E-state index in [-0.39, 0.29) is 5.91 Å². The van der Waals surface area contributed by atoms with Crippen LogP contribution in [0.25, 0.3) is 11.1 Å². The van der Waals surface area contributed by atoms with E-state index in [1.807, 2.05) is 24.4 Å². The van der Waals surface area contributed by atoms with Gasteiger partial charge in [0, 0.05) is 44.0 Å². The summed E-state index contributed by atoms with van der Waals surface area (Å²) in [6.07, 6.45) is 3.89. The zero-order valence-electron chi connectivity index (χ0n) is 11.0. The summed E-state index contributed by atoms with van der Waals surface area (Å²) in [5.74, 6) is 0.554. The van der Waals surface area contributed by atoms with E-state index < -0.39 is 0 Å². The molecule has 3 rings (SSSR count). The lowest BCUT2D eigenvalue weighted by Gasteiger charge is -2.05. The van der Waals surface area contributed by atoms with Crippen molar-refractivity contribution < 1.29 is 9.21 Å². The smallest absolute Gasteiger partial charge is 0.226 e. The molecule has 0 spiro atoms. The lowest BCUT2D eigenvalue weighted by atomic mass is 10.2. The third kappa shape index (κ3) is 2.69. The molecule has 0 aliphatic heterocycles. The van der Waals surface area contributed by atoms with Crippen LogP contribution in [0.3, 0.4) is 0 Å². The Morgan fingerprint density at radius 3 is 3.15 bits per heavy atom. The second kappa shape index (κ2) is 5.16. The number of amides is 1. The fourth-order valence-electron chi connectivity index (χ4n) is 1.99. The molecule has 0 aliphatic rings. The van der Waals surface area contributed by atoms with Crippen molar-refractivity contribution in [2.24, 2.45) is 0 Å². The molecule has 6 heteroatoms. The molecule has 6 nitrogen and oxygen atoms in total. The summed E-state index contributed by atoms with van der Waals surface area (Å²) >= 11 is 0. The molecule has 20 heavy (non-hydrogen) atoms. The van der Waals surface area contributed by atoms with Crippen LogP contribution in [0.5, 0.6) is 0 Å². The van der Waals surface area contributed by atoms with Gasteiger partial charge in [0.05, 0.1) is 0 Å². The number of carbonyl (C=O) groups excluding carboxylic acids is 1. The van der Waals surface area contributed by atoms with E-state index >= 15 is 0 Å². The molecule has 0 radical (unpaired) electrons. The Kier molecular flexibility index (Phi) is 3.20. The SMILES string of the molecule is Cc1nc2ccc(NC(=O)CCn3cccn3)cc2o1. The largest absolute Gasteiger partial charge is 0.441 e. The zero-order valence-corrected chi connectivity index (χ0v) is 11.0. The van der Waals surface area contributed by atoms with Gasteiger partial charge in [0.1, 0.15) is 5.52 Å². The summed E-state index contributed by atoms with van der Waals surface area (Å²) in [6.45, 7) is 2.35. The molecule has 1 N–H and O–H groups in total. The Balaban J connectivity index is 1.64. The highest BCUT2D eigenvalue weighted by Gasteiger charge is 2.06. The number of hydrogen-bond acceptors (Lipinski definition) is 4. The van der Waals surface area contributed by atoms with Crippen molar-refractivity contribution in [3.05, 3.63) is 42.5 Å². The second-order valence-corrected chi connectivity index (χ2v) is 4.48. The standard InChI is InChI=1S/C14H14N4O2/c1-10-16-12-4-3-11(9-13(12)20-10)17-14(19)5-8-18-7-2-6-15-18/h2-4,6-7,9H,5,8H2,1H3,(H,17,19). The van der Waals surface area contributed by atoms with Gasteiger partial charge >= 0.3 is 0 Å². The maximum absolute atomic E-state index is 11.9. The summed E-state index contributed by atoms with van der Waals surface area (Å²) in [7, 11) is 0. The van der Waals surface area contributed by atoms with Crippen LogP contribution in [0.4, 0.5) is 5.69 Å². The van der Waals surface area contributed by atoms with E-state index in [2.05, 4.69) is 15.4 Å². The van der Waals surface area contributed by atoms with Crippen LogP contribution < -0.4 is 5.32 Å². The molecule has 0 saturated heterocycles. The van der Waals surface area contributed by atoms with Crippen molar-refractivity contribution >= 4 is 22.7 Å². The summed E-state index contributed by atoms with van der Waals surface area (Å²) in [6, 6.07) is 7.25. The Bertz CT molecular complexity index is 731. The third-order valence-corrected chi connectivity index (χ3v) is 2.91. The van der Waals surface area contributed by atoms with Crippen molar-refractivity contribution in [3.63, 3.8) is 0 Å². The van der Waals surface area contributed by atoms with Crippen LogP contribution in [-0.2, 0) is 11.3 Å². The van der Waals surface area contributed by atoms with Crippen LogP contribution >= 0.6 is 0 Å². The van der Waals surface area contributed by atoms with Crippen LogP contribution in [0.2, 0.25) is 0 Å². The van der Waals surface area contributed by atoms with Crippen LogP contribution in [-0.4, -0.2) is 20.7 Å². The van der Waals surface area contributed by atoms with E-state index in [9.17, 15) is 4.79 Å². The quantitative estimate of drug-likeness (QED) is 0.789. The Morgan fingerprint density at radius 2 is 2.35 bits per heavy atom. The monoisotopic (exact) mass is 270 g/mol. The molecule has 0 unspecified atom stereocenters. The highest BCUT2D eigenvalue weighted by atomic mass is 16.3. The van der Waals surface area contributed by atoms with Crippen molar-refractivity contribution in [1.82, 2.24) is 14.8 Å². The second-order valence-electron chi connectivity index (χ2n) is 4.48. The number of nitrogens with one attached hydrogen (secondary N) is 1. The number of anilines is 1. The molecular formula is C14H14N4O2. The molecule has 0 fully saturated rings. The number of hydrogen-bond donors (Lipinski definition) is 1. The number of carbonyl (C=O) groups is 1. The number of aromatic nitrogens is 3. The zero-order chi connectivity index (χ0) is 13.9. The first-order chi connectivity index (χ1) is 9.70. The molecule has 1 amide bonds. The van der Waals surface area contributed by atoms with Crippen LogP contribution in [0.1, 0.15) is 12.3 Å². The lowest BCUT2D eigenvalue weighted by Crippen LogP contribution is -2.14. The minimum Gasteiger partial charge on any atom is -0.441 e. The fraction of sp³-hybridized carbons (Fsp3) is 0.214. The average molecular weight is 270 g/mol. The van der Waals surface area contributed by atoms with E-state index in [1.54, 1.807) is 23.9 Å². The van der Waals surface area contributed by atoms with Gasteiger partial charge in [-0.3, -0.25) is 9.48 Å². The van der Waals surface area contributed by atoms with Crippen LogP contribution in [0.15, 0.2) is 41.1 Å². The van der Waals surface area contributed by atoms with Gasteiger partial charge < -0.3 is 9.73 Å². The summed E-state index contributed by atoms with van der Waals surface area (Å²) < 4.78 is 7.16. The van der Waals surface area contributed by atoms with E-state index in [0.717, 1.165) is 5.52 Å². The van der Waals surface area contributed by atoms with Gasteiger partial charge in [0.25, 0.3) is 0 Å². The molecule has 3 aromatic rings. The van der Waals surface area contributed by atoms with Gasteiger partial charge in [-0.1, -0.05) is 0 Å². The molecule has 0 aliphatic carbocycles. The molecule has 2 aromatic heterocycles. The molecule has 0 bridgehead atoms. The average Bonchev–Trinajstić information content (AvgIpc) is 3.04. The predicted octanol–water partition coefficient (Wildman–Crippen LogP) is 2.36. The first kappa shape index (κ1) is 12.4. The fourth-order valence-corrected chi connectivity index (χ4v) is 1.99. The highest BCUT2D eigenvalue weighted by Crippen LogP contribution is 2.19. The molecule has 102 valence electrons. The van der Waals surface area contributed by atoms with Crippen molar-refractivity contribution in [2.75, 3.05) is 5.32 Å². The van der Waals surface area contributed by atoms with Gasteiger partial charge in [-0.25, -0.2) is 4.98 Å². The number of aryl methyl sites for hydroxylation is 2. The van der Waals surface area contributed by atoms with Crippen molar-refractivity contribution in [2.45, 2.75) is 19.9 Å². The first-order valence-corrected chi connectivity index (χ1v) is 6.35.